The first kappa shape index (κ1) is 28.3. The van der Waals surface area contributed by atoms with Gasteiger partial charge in [-0.1, -0.05) is 19.3 Å². The molecule has 0 aliphatic heterocycles. The maximum Gasteiger partial charge on any atom is 0.268 e. The standard InChI is InChI=1S/C23H26N4O6.CH4/c1-15(29)21(23(32)27-33)26-22(31)18-8-4-16(5-9-18)2-3-17-6-10-19(11-7-17)25-20(30)14-24-12-13-28;/h4-11,15,21,24,28-29,33H,12-14H2,1H3,(H,25,30)(H,26,31)(H,27,32);1H4/t15-,21+;/m1./s1. The molecule has 2 rings (SSSR count). The van der Waals surface area contributed by atoms with Gasteiger partial charge in [0.25, 0.3) is 11.8 Å². The van der Waals surface area contributed by atoms with Crippen molar-refractivity contribution in [3.8, 4) is 11.8 Å². The van der Waals surface area contributed by atoms with E-state index in [2.05, 4.69) is 27.8 Å². The molecule has 10 heteroatoms. The van der Waals surface area contributed by atoms with Crippen LogP contribution in [0.1, 0.15) is 35.8 Å². The van der Waals surface area contributed by atoms with E-state index in [0.717, 1.165) is 5.56 Å². The molecule has 34 heavy (non-hydrogen) atoms. The highest BCUT2D eigenvalue weighted by molar-refractivity contribution is 5.97. The molecule has 0 radical (unpaired) electrons. The topological polar surface area (TPSA) is 160 Å². The first-order valence-electron chi connectivity index (χ1n) is 10.1. The summed E-state index contributed by atoms with van der Waals surface area (Å²) in [6, 6.07) is 12.0. The van der Waals surface area contributed by atoms with E-state index < -0.39 is 24.0 Å². The minimum absolute atomic E-state index is 0. The zero-order valence-electron chi connectivity index (χ0n) is 18.0. The molecule has 0 heterocycles. The summed E-state index contributed by atoms with van der Waals surface area (Å²) >= 11 is 0. The SMILES string of the molecule is C.C[C@@H](O)[C@H](NC(=O)c1ccc(C#Cc2ccc(NC(=O)CNCCO)cc2)cc1)C(=O)NO. The van der Waals surface area contributed by atoms with Crippen molar-refractivity contribution in [3.63, 3.8) is 0 Å². The number of amides is 3. The number of rotatable bonds is 9. The van der Waals surface area contributed by atoms with Crippen LogP contribution >= 0.6 is 0 Å². The van der Waals surface area contributed by atoms with E-state index in [0.29, 0.717) is 17.8 Å². The van der Waals surface area contributed by atoms with Crippen molar-refractivity contribution in [2.24, 2.45) is 0 Å². The number of aliphatic hydroxyl groups is 2. The van der Waals surface area contributed by atoms with Crippen molar-refractivity contribution >= 4 is 23.4 Å². The van der Waals surface area contributed by atoms with E-state index in [4.69, 9.17) is 10.3 Å². The Bertz CT molecular complexity index is 1010. The molecule has 0 aliphatic carbocycles. The average Bonchev–Trinajstić information content (AvgIpc) is 2.81. The van der Waals surface area contributed by atoms with Crippen molar-refractivity contribution < 1.29 is 29.8 Å². The molecular weight excluding hydrogens is 440 g/mol. The molecule has 2 atom stereocenters. The molecule has 7 N–H and O–H groups in total. The van der Waals surface area contributed by atoms with Crippen LogP contribution in [0.25, 0.3) is 0 Å². The van der Waals surface area contributed by atoms with E-state index in [1.165, 1.54) is 24.5 Å². The summed E-state index contributed by atoms with van der Waals surface area (Å²) in [5.74, 6) is 4.22. The first-order valence-corrected chi connectivity index (χ1v) is 10.1. The Morgan fingerprint density at radius 1 is 0.971 bits per heavy atom. The lowest BCUT2D eigenvalue weighted by atomic mass is 10.1. The van der Waals surface area contributed by atoms with Crippen LogP contribution in [0.15, 0.2) is 48.5 Å². The summed E-state index contributed by atoms with van der Waals surface area (Å²) in [5.41, 5.74) is 3.66. The zero-order valence-corrected chi connectivity index (χ0v) is 18.0. The molecule has 0 saturated carbocycles. The minimum Gasteiger partial charge on any atom is -0.395 e. The van der Waals surface area contributed by atoms with Crippen LogP contribution in [0.3, 0.4) is 0 Å². The van der Waals surface area contributed by atoms with Gasteiger partial charge < -0.3 is 26.2 Å². The van der Waals surface area contributed by atoms with E-state index in [1.54, 1.807) is 36.4 Å². The molecule has 0 unspecified atom stereocenters. The molecule has 182 valence electrons. The molecule has 3 amide bonds. The molecule has 0 saturated heterocycles. The van der Waals surface area contributed by atoms with Gasteiger partial charge >= 0.3 is 0 Å². The quantitative estimate of drug-likeness (QED) is 0.119. The zero-order chi connectivity index (χ0) is 24.2. The lowest BCUT2D eigenvalue weighted by Gasteiger charge is -2.19. The summed E-state index contributed by atoms with van der Waals surface area (Å²) in [6.07, 6.45) is -1.20. The maximum absolute atomic E-state index is 12.3. The fraction of sp³-hybridized carbons (Fsp3) is 0.292. The normalized spacial score (nSPS) is 11.6. The summed E-state index contributed by atoms with van der Waals surface area (Å²) in [7, 11) is 0. The fourth-order valence-electron chi connectivity index (χ4n) is 2.67. The Hall–Kier alpha value is -3.75. The second-order valence-electron chi connectivity index (χ2n) is 7.02. The van der Waals surface area contributed by atoms with E-state index in [-0.39, 0.29) is 32.0 Å². The van der Waals surface area contributed by atoms with Gasteiger partial charge in [0.15, 0.2) is 0 Å². The van der Waals surface area contributed by atoms with Gasteiger partial charge in [0, 0.05) is 28.9 Å². The number of hydroxylamine groups is 1. The van der Waals surface area contributed by atoms with Crippen LogP contribution in [0, 0.1) is 11.8 Å². The van der Waals surface area contributed by atoms with Crippen LogP contribution in [-0.4, -0.2) is 65.0 Å². The van der Waals surface area contributed by atoms with Crippen molar-refractivity contribution in [2.75, 3.05) is 25.0 Å². The van der Waals surface area contributed by atoms with Crippen molar-refractivity contribution in [1.82, 2.24) is 16.1 Å². The molecule has 0 bridgehead atoms. The number of hydrogen-bond donors (Lipinski definition) is 7. The Morgan fingerprint density at radius 3 is 2.03 bits per heavy atom. The minimum atomic E-state index is -1.30. The van der Waals surface area contributed by atoms with Crippen LogP contribution in [0.5, 0.6) is 0 Å². The predicted molar refractivity (Wildman–Crippen MR) is 127 cm³/mol. The highest BCUT2D eigenvalue weighted by Gasteiger charge is 2.25. The lowest BCUT2D eigenvalue weighted by Crippen LogP contribution is -2.51. The van der Waals surface area contributed by atoms with Crippen molar-refractivity contribution in [1.29, 1.82) is 0 Å². The molecule has 0 aliphatic rings. The molecule has 10 nitrogen and oxygen atoms in total. The molecule has 0 spiro atoms. The Labute approximate surface area is 198 Å². The number of anilines is 1. The number of carbonyl (C=O) groups excluding carboxylic acids is 3. The van der Waals surface area contributed by atoms with E-state index in [1.807, 2.05) is 0 Å². The average molecular weight is 471 g/mol. The summed E-state index contributed by atoms with van der Waals surface area (Å²) < 4.78 is 0. The summed E-state index contributed by atoms with van der Waals surface area (Å²) in [5, 5.41) is 34.9. The van der Waals surface area contributed by atoms with Crippen LogP contribution in [0.4, 0.5) is 5.69 Å². The van der Waals surface area contributed by atoms with Gasteiger partial charge in [-0.05, 0) is 55.5 Å². The first-order chi connectivity index (χ1) is 15.8. The molecule has 0 fully saturated rings. The Morgan fingerprint density at radius 2 is 1.53 bits per heavy atom. The summed E-state index contributed by atoms with van der Waals surface area (Å²) in [6.45, 7) is 1.72. The third kappa shape index (κ3) is 9.01. The summed E-state index contributed by atoms with van der Waals surface area (Å²) in [4.78, 5) is 35.6. The van der Waals surface area contributed by atoms with Crippen LogP contribution in [-0.2, 0) is 9.59 Å². The Kier molecular flexibility index (Phi) is 12.0. The van der Waals surface area contributed by atoms with Crippen LogP contribution in [0.2, 0.25) is 0 Å². The molecular formula is C24H30N4O6. The van der Waals surface area contributed by atoms with Gasteiger partial charge in [0.2, 0.25) is 5.91 Å². The van der Waals surface area contributed by atoms with Gasteiger partial charge in [-0.15, -0.1) is 0 Å². The smallest absolute Gasteiger partial charge is 0.268 e. The van der Waals surface area contributed by atoms with Gasteiger partial charge in [-0.3, -0.25) is 19.6 Å². The largest absolute Gasteiger partial charge is 0.395 e. The highest BCUT2D eigenvalue weighted by atomic mass is 16.5. The van der Waals surface area contributed by atoms with Crippen molar-refractivity contribution in [2.45, 2.75) is 26.5 Å². The fourth-order valence-corrected chi connectivity index (χ4v) is 2.67. The monoisotopic (exact) mass is 470 g/mol. The number of hydrogen-bond acceptors (Lipinski definition) is 7. The number of aliphatic hydroxyl groups excluding tert-OH is 2. The lowest BCUT2D eigenvalue weighted by molar-refractivity contribution is -0.133. The van der Waals surface area contributed by atoms with Gasteiger partial charge in [-0.2, -0.15) is 0 Å². The highest BCUT2D eigenvalue weighted by Crippen LogP contribution is 2.09. The van der Waals surface area contributed by atoms with Crippen molar-refractivity contribution in [3.05, 3.63) is 65.2 Å². The molecule has 0 aromatic heterocycles. The Balaban J connectivity index is 0.00000578. The van der Waals surface area contributed by atoms with E-state index in [9.17, 15) is 19.5 Å². The van der Waals surface area contributed by atoms with Gasteiger partial charge in [-0.25, -0.2) is 5.48 Å². The van der Waals surface area contributed by atoms with Crippen LogP contribution < -0.4 is 21.4 Å². The van der Waals surface area contributed by atoms with E-state index >= 15 is 0 Å². The number of carbonyl (C=O) groups is 3. The second kappa shape index (κ2) is 14.4. The number of benzene rings is 2. The molecule has 2 aromatic carbocycles. The van der Waals surface area contributed by atoms with Gasteiger partial charge in [0.1, 0.15) is 6.04 Å². The van der Waals surface area contributed by atoms with Gasteiger partial charge in [0.05, 0.1) is 19.3 Å². The third-order valence-corrected chi connectivity index (χ3v) is 4.40. The maximum atomic E-state index is 12.3. The second-order valence-corrected chi connectivity index (χ2v) is 7.02. The predicted octanol–water partition coefficient (Wildman–Crippen LogP) is 0.228. The molecule has 2 aromatic rings. The third-order valence-electron chi connectivity index (χ3n) is 4.40. The number of nitrogens with one attached hydrogen (secondary N) is 4.